The quantitative estimate of drug-likeness (QED) is 0.863. The average molecular weight is 252 g/mol. The highest BCUT2D eigenvalue weighted by Gasteiger charge is 2.32. The van der Waals surface area contributed by atoms with Gasteiger partial charge in [0.05, 0.1) is 6.10 Å². The smallest absolute Gasteiger partial charge is 0.138 e. The third-order valence-corrected chi connectivity index (χ3v) is 2.98. The summed E-state index contributed by atoms with van der Waals surface area (Å²) in [4.78, 5) is 0. The van der Waals surface area contributed by atoms with Gasteiger partial charge in [0.1, 0.15) is 23.3 Å². The number of rotatable bonds is 2. The molecule has 1 aromatic heterocycles. The molecule has 18 heavy (non-hydrogen) atoms. The van der Waals surface area contributed by atoms with Gasteiger partial charge in [0.15, 0.2) is 0 Å². The van der Waals surface area contributed by atoms with Crippen molar-refractivity contribution in [2.45, 2.75) is 33.0 Å². The van der Waals surface area contributed by atoms with Gasteiger partial charge in [-0.25, -0.2) is 4.39 Å². The van der Waals surface area contributed by atoms with E-state index in [-0.39, 0.29) is 11.6 Å². The van der Waals surface area contributed by atoms with Crippen LogP contribution in [0.5, 0.6) is 0 Å². The highest BCUT2D eigenvalue weighted by atomic mass is 19.1. The minimum absolute atomic E-state index is 0.248. The molecule has 0 bridgehead atoms. The van der Waals surface area contributed by atoms with Gasteiger partial charge in [0.2, 0.25) is 0 Å². The Hall–Kier alpha value is -1.39. The Morgan fingerprint density at radius 3 is 2.44 bits per heavy atom. The lowest BCUT2D eigenvalue weighted by Crippen LogP contribution is -2.32. The van der Waals surface area contributed by atoms with Gasteiger partial charge in [-0.1, -0.05) is 20.8 Å². The Labute approximate surface area is 105 Å². The van der Waals surface area contributed by atoms with Gasteiger partial charge >= 0.3 is 0 Å². The van der Waals surface area contributed by atoms with Crippen LogP contribution in [0, 0.1) is 11.2 Å². The van der Waals surface area contributed by atoms with Gasteiger partial charge in [-0.05, 0) is 29.7 Å². The van der Waals surface area contributed by atoms with E-state index in [1.54, 1.807) is 6.07 Å². The van der Waals surface area contributed by atoms with Gasteiger partial charge in [-0.15, -0.1) is 0 Å². The van der Waals surface area contributed by atoms with Crippen LogP contribution in [-0.2, 0) is 0 Å². The molecule has 0 saturated carbocycles. The Morgan fingerprint density at radius 1 is 1.17 bits per heavy atom. The molecule has 2 unspecified atom stereocenters. The van der Waals surface area contributed by atoms with Crippen molar-refractivity contribution in [3.63, 3.8) is 0 Å². The average Bonchev–Trinajstić information content (AvgIpc) is 2.68. The summed E-state index contributed by atoms with van der Waals surface area (Å²) >= 11 is 0. The van der Waals surface area contributed by atoms with E-state index in [0.717, 1.165) is 0 Å². The number of hydrogen-bond acceptors (Lipinski definition) is 3. The molecule has 1 heterocycles. The van der Waals surface area contributed by atoms with Gasteiger partial charge in [-0.3, -0.25) is 0 Å². The van der Waals surface area contributed by atoms with Crippen LogP contribution in [0.2, 0.25) is 0 Å². The highest BCUT2D eigenvalue weighted by Crippen LogP contribution is 2.32. The summed E-state index contributed by atoms with van der Waals surface area (Å²) in [6.45, 7) is 5.47. The molecule has 0 fully saturated rings. The van der Waals surface area contributed by atoms with Crippen molar-refractivity contribution in [1.29, 1.82) is 0 Å². The molecule has 0 spiro atoms. The zero-order chi connectivity index (χ0) is 13.5. The van der Waals surface area contributed by atoms with Crippen LogP contribution in [0.15, 0.2) is 28.7 Å². The maximum atomic E-state index is 13.0. The zero-order valence-electron chi connectivity index (χ0n) is 10.6. The Morgan fingerprint density at radius 2 is 1.83 bits per heavy atom. The van der Waals surface area contributed by atoms with E-state index in [9.17, 15) is 14.6 Å². The SMILES string of the molecule is CC(C)(C)C(O)C(O)c1cc2cc(F)ccc2o1. The zero-order valence-corrected chi connectivity index (χ0v) is 10.6. The standard InChI is InChI=1S/C14H17FO3/c1-14(2,3)13(17)12(16)11-7-8-6-9(15)4-5-10(8)18-11/h4-7,12-13,16-17H,1-3H3. The summed E-state index contributed by atoms with van der Waals surface area (Å²) in [6.07, 6.45) is -2.08. The molecule has 98 valence electrons. The third-order valence-electron chi connectivity index (χ3n) is 2.98. The van der Waals surface area contributed by atoms with Crippen LogP contribution >= 0.6 is 0 Å². The molecule has 0 saturated heterocycles. The summed E-state index contributed by atoms with van der Waals surface area (Å²) < 4.78 is 18.5. The van der Waals surface area contributed by atoms with Gasteiger partial charge in [-0.2, -0.15) is 0 Å². The summed E-state index contributed by atoms with van der Waals surface area (Å²) in [5.74, 6) is -0.112. The molecular formula is C14H17FO3. The largest absolute Gasteiger partial charge is 0.458 e. The van der Waals surface area contributed by atoms with Crippen LogP contribution in [0.4, 0.5) is 4.39 Å². The van der Waals surface area contributed by atoms with Crippen molar-refractivity contribution in [3.8, 4) is 0 Å². The van der Waals surface area contributed by atoms with E-state index in [4.69, 9.17) is 4.42 Å². The van der Waals surface area contributed by atoms with E-state index in [1.807, 2.05) is 20.8 Å². The van der Waals surface area contributed by atoms with E-state index in [1.165, 1.54) is 18.2 Å². The van der Waals surface area contributed by atoms with Crippen molar-refractivity contribution >= 4 is 11.0 Å². The van der Waals surface area contributed by atoms with Gasteiger partial charge < -0.3 is 14.6 Å². The molecule has 0 aliphatic rings. The lowest BCUT2D eigenvalue weighted by molar-refractivity contribution is -0.0541. The van der Waals surface area contributed by atoms with Crippen molar-refractivity contribution in [2.75, 3.05) is 0 Å². The van der Waals surface area contributed by atoms with E-state index in [0.29, 0.717) is 11.0 Å². The van der Waals surface area contributed by atoms with Crippen LogP contribution < -0.4 is 0 Å². The summed E-state index contributed by atoms with van der Waals surface area (Å²) in [5, 5.41) is 20.6. The van der Waals surface area contributed by atoms with Gasteiger partial charge in [0, 0.05) is 5.39 Å². The molecule has 2 atom stereocenters. The van der Waals surface area contributed by atoms with Crippen LogP contribution in [0.3, 0.4) is 0 Å². The lowest BCUT2D eigenvalue weighted by atomic mass is 9.85. The molecule has 4 heteroatoms. The molecule has 0 aliphatic heterocycles. The normalized spacial score (nSPS) is 15.9. The first-order valence-electron chi connectivity index (χ1n) is 5.84. The number of furan rings is 1. The Balaban J connectivity index is 2.36. The number of aliphatic hydroxyl groups is 2. The number of fused-ring (bicyclic) bond motifs is 1. The summed E-state index contributed by atoms with van der Waals surface area (Å²) in [5.41, 5.74) is 0.0236. The highest BCUT2D eigenvalue weighted by molar-refractivity contribution is 5.77. The molecule has 1 aromatic carbocycles. The van der Waals surface area contributed by atoms with Crippen LogP contribution in [0.1, 0.15) is 32.6 Å². The fourth-order valence-corrected chi connectivity index (χ4v) is 1.81. The number of aliphatic hydroxyl groups excluding tert-OH is 2. The molecule has 0 radical (unpaired) electrons. The van der Waals surface area contributed by atoms with Crippen molar-refractivity contribution in [1.82, 2.24) is 0 Å². The van der Waals surface area contributed by atoms with Crippen molar-refractivity contribution in [2.24, 2.45) is 5.41 Å². The third kappa shape index (κ3) is 2.40. The first-order chi connectivity index (χ1) is 8.29. The fraction of sp³-hybridized carbons (Fsp3) is 0.429. The monoisotopic (exact) mass is 252 g/mol. The maximum absolute atomic E-state index is 13.0. The molecule has 3 nitrogen and oxygen atoms in total. The Bertz CT molecular complexity index is 554. The van der Waals surface area contributed by atoms with E-state index < -0.39 is 17.6 Å². The topological polar surface area (TPSA) is 53.6 Å². The molecule has 2 N–H and O–H groups in total. The number of benzene rings is 1. The summed E-state index contributed by atoms with van der Waals surface area (Å²) in [6, 6.07) is 5.68. The Kier molecular flexibility index (Phi) is 3.17. The molecule has 2 rings (SSSR count). The molecule has 0 amide bonds. The molecule has 2 aromatic rings. The number of hydrogen-bond donors (Lipinski definition) is 2. The van der Waals surface area contributed by atoms with Crippen molar-refractivity contribution in [3.05, 3.63) is 35.8 Å². The number of halogens is 1. The minimum atomic E-state index is -1.12. The van der Waals surface area contributed by atoms with Crippen LogP contribution in [-0.4, -0.2) is 16.3 Å². The lowest BCUT2D eigenvalue weighted by Gasteiger charge is -2.28. The second kappa shape index (κ2) is 4.37. The second-order valence-corrected chi connectivity index (χ2v) is 5.59. The molecular weight excluding hydrogens is 235 g/mol. The summed E-state index contributed by atoms with van der Waals surface area (Å²) in [7, 11) is 0. The first-order valence-corrected chi connectivity index (χ1v) is 5.84. The fourth-order valence-electron chi connectivity index (χ4n) is 1.81. The maximum Gasteiger partial charge on any atom is 0.138 e. The predicted molar refractivity (Wildman–Crippen MR) is 66.6 cm³/mol. The second-order valence-electron chi connectivity index (χ2n) is 5.59. The van der Waals surface area contributed by atoms with Crippen LogP contribution in [0.25, 0.3) is 11.0 Å². The van der Waals surface area contributed by atoms with Gasteiger partial charge in [0.25, 0.3) is 0 Å². The first kappa shape index (κ1) is 13.1. The van der Waals surface area contributed by atoms with Crippen molar-refractivity contribution < 1.29 is 19.0 Å². The van der Waals surface area contributed by atoms with E-state index >= 15 is 0 Å². The predicted octanol–water partition coefficient (Wildman–Crippen LogP) is 3.01. The minimum Gasteiger partial charge on any atom is -0.458 e. The van der Waals surface area contributed by atoms with E-state index in [2.05, 4.69) is 0 Å². The molecule has 0 aliphatic carbocycles.